The molecule has 2 aliphatic rings. The van der Waals surface area contributed by atoms with Crippen LogP contribution in [0.1, 0.15) is 65.7 Å². The van der Waals surface area contributed by atoms with Crippen molar-refractivity contribution in [1.29, 1.82) is 0 Å². The normalized spacial score (nSPS) is 44.2. The molecule has 2 unspecified atom stereocenters. The second kappa shape index (κ2) is 4.68. The molecule has 0 aromatic carbocycles. The lowest BCUT2D eigenvalue weighted by Gasteiger charge is -2.44. The number of nitrogens with two attached hydrogens (primary N) is 1. The fourth-order valence-electron chi connectivity index (χ4n) is 3.89. The molecule has 0 heterocycles. The van der Waals surface area contributed by atoms with Gasteiger partial charge in [0.2, 0.25) is 0 Å². The minimum absolute atomic E-state index is 0.492. The van der Waals surface area contributed by atoms with Gasteiger partial charge in [-0.2, -0.15) is 0 Å². The molecule has 2 aliphatic carbocycles. The quantitative estimate of drug-likeness (QED) is 0.715. The highest BCUT2D eigenvalue weighted by atomic mass is 14.7. The fraction of sp³-hybridized carbons (Fsp3) is 1.00. The van der Waals surface area contributed by atoms with Crippen LogP contribution in [0.4, 0.5) is 0 Å². The summed E-state index contributed by atoms with van der Waals surface area (Å²) >= 11 is 0. The van der Waals surface area contributed by atoms with Crippen molar-refractivity contribution in [3.8, 4) is 0 Å². The Labute approximate surface area is 101 Å². The monoisotopic (exact) mass is 223 g/mol. The first-order chi connectivity index (χ1) is 7.48. The Balaban J connectivity index is 1.96. The molecule has 2 N–H and O–H groups in total. The van der Waals surface area contributed by atoms with Gasteiger partial charge in [-0.1, -0.05) is 33.6 Å². The minimum Gasteiger partial charge on any atom is -0.327 e. The molecule has 0 aromatic rings. The molecule has 1 nitrogen and oxygen atoms in total. The Bertz CT molecular complexity index is 226. The van der Waals surface area contributed by atoms with Gasteiger partial charge in [-0.15, -0.1) is 0 Å². The smallest absolute Gasteiger partial charge is 0.00702 e. The molecule has 2 rings (SSSR count). The second-order valence-electron chi connectivity index (χ2n) is 7.25. The van der Waals surface area contributed by atoms with Crippen LogP contribution in [0.3, 0.4) is 0 Å². The molecule has 0 radical (unpaired) electrons. The maximum absolute atomic E-state index is 6.37. The zero-order chi connectivity index (χ0) is 11.8. The van der Waals surface area contributed by atoms with E-state index in [1.807, 2.05) is 0 Å². The summed E-state index contributed by atoms with van der Waals surface area (Å²) in [4.78, 5) is 0. The van der Waals surface area contributed by atoms with Gasteiger partial charge in [0.25, 0.3) is 0 Å². The first-order valence-corrected chi connectivity index (χ1v) is 7.23. The van der Waals surface area contributed by atoms with Gasteiger partial charge in [0, 0.05) is 6.04 Å². The van der Waals surface area contributed by atoms with Gasteiger partial charge >= 0.3 is 0 Å². The van der Waals surface area contributed by atoms with Gasteiger partial charge in [0.15, 0.2) is 0 Å². The highest BCUT2D eigenvalue weighted by Gasteiger charge is 2.38. The van der Waals surface area contributed by atoms with Crippen LogP contribution in [-0.4, -0.2) is 6.04 Å². The topological polar surface area (TPSA) is 26.0 Å². The Morgan fingerprint density at radius 2 is 1.62 bits per heavy atom. The molecular formula is C15H29N. The summed E-state index contributed by atoms with van der Waals surface area (Å²) in [6.07, 6.45) is 9.71. The Kier molecular flexibility index (Phi) is 3.63. The maximum atomic E-state index is 6.37. The molecule has 0 saturated heterocycles. The fourth-order valence-corrected chi connectivity index (χ4v) is 3.89. The van der Waals surface area contributed by atoms with E-state index in [1.54, 1.807) is 0 Å². The predicted molar refractivity (Wildman–Crippen MR) is 70.2 cm³/mol. The van der Waals surface area contributed by atoms with E-state index in [0.717, 1.165) is 17.8 Å². The maximum Gasteiger partial charge on any atom is 0.00702 e. The van der Waals surface area contributed by atoms with E-state index >= 15 is 0 Å². The van der Waals surface area contributed by atoms with Gasteiger partial charge in [-0.25, -0.2) is 0 Å². The van der Waals surface area contributed by atoms with E-state index in [4.69, 9.17) is 5.73 Å². The van der Waals surface area contributed by atoms with Crippen molar-refractivity contribution in [3.05, 3.63) is 0 Å². The standard InChI is InChI=1S/C15H29N/c1-11-4-6-12(7-5-11)13-10-15(2,3)9-8-14(13)16/h11-14H,4-10,16H2,1-3H3. The molecule has 16 heavy (non-hydrogen) atoms. The summed E-state index contributed by atoms with van der Waals surface area (Å²) in [5, 5.41) is 0. The van der Waals surface area contributed by atoms with E-state index in [2.05, 4.69) is 20.8 Å². The third kappa shape index (κ3) is 2.80. The number of hydrogen-bond acceptors (Lipinski definition) is 1. The zero-order valence-electron chi connectivity index (χ0n) is 11.3. The van der Waals surface area contributed by atoms with Crippen LogP contribution >= 0.6 is 0 Å². The van der Waals surface area contributed by atoms with Crippen molar-refractivity contribution in [2.24, 2.45) is 28.9 Å². The lowest BCUT2D eigenvalue weighted by molar-refractivity contribution is 0.0853. The zero-order valence-corrected chi connectivity index (χ0v) is 11.3. The lowest BCUT2D eigenvalue weighted by Crippen LogP contribution is -2.43. The molecule has 94 valence electrons. The van der Waals surface area contributed by atoms with Gasteiger partial charge in [-0.05, 0) is 55.3 Å². The summed E-state index contributed by atoms with van der Waals surface area (Å²) in [6.45, 7) is 7.26. The van der Waals surface area contributed by atoms with Crippen LogP contribution in [0.25, 0.3) is 0 Å². The van der Waals surface area contributed by atoms with Gasteiger partial charge < -0.3 is 5.73 Å². The molecule has 2 atom stereocenters. The van der Waals surface area contributed by atoms with Crippen molar-refractivity contribution in [3.63, 3.8) is 0 Å². The molecule has 2 fully saturated rings. The van der Waals surface area contributed by atoms with E-state index in [0.29, 0.717) is 11.5 Å². The average molecular weight is 223 g/mol. The third-order valence-electron chi connectivity index (χ3n) is 5.16. The van der Waals surface area contributed by atoms with Crippen LogP contribution in [0, 0.1) is 23.2 Å². The number of rotatable bonds is 1. The van der Waals surface area contributed by atoms with Crippen LogP contribution in [0.5, 0.6) is 0 Å². The average Bonchev–Trinajstić information content (AvgIpc) is 2.23. The number of hydrogen-bond donors (Lipinski definition) is 1. The van der Waals surface area contributed by atoms with Gasteiger partial charge in [0.1, 0.15) is 0 Å². The molecule has 0 amide bonds. The van der Waals surface area contributed by atoms with E-state index < -0.39 is 0 Å². The summed E-state index contributed by atoms with van der Waals surface area (Å²) < 4.78 is 0. The lowest BCUT2D eigenvalue weighted by atomic mass is 9.63. The molecule has 0 aromatic heterocycles. The van der Waals surface area contributed by atoms with Gasteiger partial charge in [0.05, 0.1) is 0 Å². The molecule has 0 aliphatic heterocycles. The van der Waals surface area contributed by atoms with Crippen LogP contribution in [0.15, 0.2) is 0 Å². The van der Waals surface area contributed by atoms with Gasteiger partial charge in [-0.3, -0.25) is 0 Å². The SMILES string of the molecule is CC1CCC(C2CC(C)(C)CCC2N)CC1. The Morgan fingerprint density at radius 3 is 2.25 bits per heavy atom. The van der Waals surface area contributed by atoms with E-state index in [1.165, 1.54) is 44.9 Å². The van der Waals surface area contributed by atoms with Crippen LogP contribution in [0.2, 0.25) is 0 Å². The molecule has 2 saturated carbocycles. The summed E-state index contributed by atoms with van der Waals surface area (Å²) in [7, 11) is 0. The highest BCUT2D eigenvalue weighted by Crippen LogP contribution is 2.45. The molecule has 1 heteroatoms. The molecule has 0 bridgehead atoms. The largest absolute Gasteiger partial charge is 0.327 e. The first kappa shape index (κ1) is 12.4. The van der Waals surface area contributed by atoms with Crippen molar-refractivity contribution in [2.45, 2.75) is 71.8 Å². The summed E-state index contributed by atoms with van der Waals surface area (Å²) in [5.74, 6) is 2.71. The summed E-state index contributed by atoms with van der Waals surface area (Å²) in [6, 6.07) is 0.492. The van der Waals surface area contributed by atoms with Crippen LogP contribution < -0.4 is 5.73 Å². The highest BCUT2D eigenvalue weighted by molar-refractivity contribution is 4.91. The first-order valence-electron chi connectivity index (χ1n) is 7.23. The Hall–Kier alpha value is -0.0400. The van der Waals surface area contributed by atoms with Crippen LogP contribution in [-0.2, 0) is 0 Å². The minimum atomic E-state index is 0.492. The van der Waals surface area contributed by atoms with Crippen molar-refractivity contribution >= 4 is 0 Å². The predicted octanol–water partition coefficient (Wildman–Crippen LogP) is 3.97. The molecule has 0 spiro atoms. The van der Waals surface area contributed by atoms with E-state index in [-0.39, 0.29) is 0 Å². The van der Waals surface area contributed by atoms with Crippen molar-refractivity contribution < 1.29 is 0 Å². The second-order valence-corrected chi connectivity index (χ2v) is 7.25. The summed E-state index contributed by atoms with van der Waals surface area (Å²) in [5.41, 5.74) is 6.91. The Morgan fingerprint density at radius 1 is 1.00 bits per heavy atom. The van der Waals surface area contributed by atoms with Crippen molar-refractivity contribution in [2.75, 3.05) is 0 Å². The van der Waals surface area contributed by atoms with E-state index in [9.17, 15) is 0 Å². The molecular weight excluding hydrogens is 194 g/mol. The van der Waals surface area contributed by atoms with Crippen molar-refractivity contribution in [1.82, 2.24) is 0 Å². The third-order valence-corrected chi connectivity index (χ3v) is 5.16.